The average molecular weight is 406 g/mol. The van der Waals surface area contributed by atoms with Gasteiger partial charge in [0.15, 0.2) is 12.0 Å². The molecule has 0 spiro atoms. The zero-order valence-corrected chi connectivity index (χ0v) is 16.1. The first-order chi connectivity index (χ1) is 12.2. The SMILES string of the molecule is Cc1cc(Nc2ccc(Br)c(OC3CCC3)c2)nn1C1CCCCO1. The van der Waals surface area contributed by atoms with E-state index in [0.29, 0.717) is 6.10 Å². The Labute approximate surface area is 156 Å². The Kier molecular flexibility index (Phi) is 4.99. The first-order valence-electron chi connectivity index (χ1n) is 9.10. The second-order valence-electron chi connectivity index (χ2n) is 6.88. The number of hydrogen-bond donors (Lipinski definition) is 1. The van der Waals surface area contributed by atoms with Crippen molar-refractivity contribution in [3.05, 3.63) is 34.4 Å². The van der Waals surface area contributed by atoms with Crippen molar-refractivity contribution >= 4 is 27.4 Å². The minimum Gasteiger partial charge on any atom is -0.489 e. The highest BCUT2D eigenvalue weighted by molar-refractivity contribution is 9.10. The molecule has 1 aliphatic heterocycles. The van der Waals surface area contributed by atoms with Crippen molar-refractivity contribution in [3.8, 4) is 5.75 Å². The Balaban J connectivity index is 1.49. The monoisotopic (exact) mass is 405 g/mol. The number of ether oxygens (including phenoxy) is 2. The third-order valence-corrected chi connectivity index (χ3v) is 5.56. The normalized spacial score (nSPS) is 21.0. The van der Waals surface area contributed by atoms with Crippen LogP contribution in [-0.2, 0) is 4.74 Å². The first kappa shape index (κ1) is 16.9. The quantitative estimate of drug-likeness (QED) is 0.730. The summed E-state index contributed by atoms with van der Waals surface area (Å²) >= 11 is 3.58. The Morgan fingerprint density at radius 3 is 2.80 bits per heavy atom. The second-order valence-corrected chi connectivity index (χ2v) is 7.73. The molecule has 134 valence electrons. The molecule has 1 unspecified atom stereocenters. The molecule has 0 radical (unpaired) electrons. The number of halogens is 1. The molecule has 1 aromatic heterocycles. The van der Waals surface area contributed by atoms with Crippen LogP contribution in [0.4, 0.5) is 11.5 Å². The standard InChI is InChI=1S/C19H24BrN3O2/c1-13-11-18(22-23(13)19-7-2-3-10-24-19)21-14-8-9-16(20)17(12-14)25-15-5-4-6-15/h8-9,11-12,15,19H,2-7,10H2,1H3,(H,21,22). The number of hydrogen-bond acceptors (Lipinski definition) is 4. The Morgan fingerprint density at radius 2 is 2.08 bits per heavy atom. The summed E-state index contributed by atoms with van der Waals surface area (Å²) in [5, 5.41) is 8.09. The molecular formula is C19H24BrN3O2. The highest BCUT2D eigenvalue weighted by atomic mass is 79.9. The summed E-state index contributed by atoms with van der Waals surface area (Å²) in [6.45, 7) is 2.89. The summed E-state index contributed by atoms with van der Waals surface area (Å²) in [7, 11) is 0. The molecule has 2 heterocycles. The van der Waals surface area contributed by atoms with Gasteiger partial charge in [-0.1, -0.05) is 0 Å². The maximum atomic E-state index is 6.05. The van der Waals surface area contributed by atoms with Crippen LogP contribution in [0.3, 0.4) is 0 Å². The molecule has 1 aromatic carbocycles. The van der Waals surface area contributed by atoms with Gasteiger partial charge in [-0.3, -0.25) is 0 Å². The number of nitrogens with one attached hydrogen (secondary N) is 1. The third kappa shape index (κ3) is 3.85. The Bertz CT molecular complexity index is 736. The van der Waals surface area contributed by atoms with Crippen LogP contribution < -0.4 is 10.1 Å². The molecular weight excluding hydrogens is 382 g/mol. The van der Waals surface area contributed by atoms with Gasteiger partial charge in [0.2, 0.25) is 0 Å². The average Bonchev–Trinajstić information content (AvgIpc) is 2.95. The third-order valence-electron chi connectivity index (χ3n) is 4.90. The zero-order valence-electron chi connectivity index (χ0n) is 14.5. The van der Waals surface area contributed by atoms with Crippen LogP contribution >= 0.6 is 15.9 Å². The lowest BCUT2D eigenvalue weighted by Gasteiger charge is -2.27. The fraction of sp³-hybridized carbons (Fsp3) is 0.526. The van der Waals surface area contributed by atoms with Gasteiger partial charge in [0, 0.05) is 30.1 Å². The van der Waals surface area contributed by atoms with E-state index in [2.05, 4.69) is 34.2 Å². The lowest BCUT2D eigenvalue weighted by atomic mass is 9.96. The number of anilines is 2. The minimum absolute atomic E-state index is 0.0618. The molecule has 1 atom stereocenters. The predicted molar refractivity (Wildman–Crippen MR) is 101 cm³/mol. The van der Waals surface area contributed by atoms with Crippen molar-refractivity contribution in [1.82, 2.24) is 9.78 Å². The highest BCUT2D eigenvalue weighted by Crippen LogP contribution is 2.34. The van der Waals surface area contributed by atoms with Crippen LogP contribution in [0.1, 0.15) is 50.4 Å². The molecule has 6 heteroatoms. The lowest BCUT2D eigenvalue weighted by Crippen LogP contribution is -2.24. The van der Waals surface area contributed by atoms with Crippen LogP contribution in [-0.4, -0.2) is 22.5 Å². The first-order valence-corrected chi connectivity index (χ1v) is 9.89. The van der Waals surface area contributed by atoms with Gasteiger partial charge in [0.05, 0.1) is 10.6 Å². The van der Waals surface area contributed by atoms with Crippen molar-refractivity contribution < 1.29 is 9.47 Å². The predicted octanol–water partition coefficient (Wildman–Crippen LogP) is 5.33. The van der Waals surface area contributed by atoms with E-state index < -0.39 is 0 Å². The van der Waals surface area contributed by atoms with E-state index in [1.807, 2.05) is 22.9 Å². The molecule has 2 aliphatic rings. The van der Waals surface area contributed by atoms with Crippen LogP contribution in [0.25, 0.3) is 0 Å². The second kappa shape index (κ2) is 7.38. The molecule has 25 heavy (non-hydrogen) atoms. The van der Waals surface area contributed by atoms with Gasteiger partial charge in [-0.15, -0.1) is 0 Å². The molecule has 2 aromatic rings. The summed E-state index contributed by atoms with van der Waals surface area (Å²) in [6, 6.07) is 8.15. The van der Waals surface area contributed by atoms with Gasteiger partial charge >= 0.3 is 0 Å². The fourth-order valence-corrected chi connectivity index (χ4v) is 3.58. The maximum Gasteiger partial charge on any atom is 0.152 e. The van der Waals surface area contributed by atoms with E-state index in [-0.39, 0.29) is 6.23 Å². The molecule has 0 bridgehead atoms. The van der Waals surface area contributed by atoms with Crippen LogP contribution in [0.2, 0.25) is 0 Å². The molecule has 1 saturated carbocycles. The van der Waals surface area contributed by atoms with Gasteiger partial charge in [-0.25, -0.2) is 4.68 Å². The molecule has 2 fully saturated rings. The van der Waals surface area contributed by atoms with E-state index in [9.17, 15) is 0 Å². The summed E-state index contributed by atoms with van der Waals surface area (Å²) in [6.07, 6.45) is 7.35. The maximum absolute atomic E-state index is 6.05. The van der Waals surface area contributed by atoms with E-state index in [1.54, 1.807) is 0 Å². The van der Waals surface area contributed by atoms with Crippen molar-refractivity contribution in [3.63, 3.8) is 0 Å². The van der Waals surface area contributed by atoms with Crippen LogP contribution in [0.5, 0.6) is 5.75 Å². The Morgan fingerprint density at radius 1 is 1.20 bits per heavy atom. The van der Waals surface area contributed by atoms with Gasteiger partial charge < -0.3 is 14.8 Å². The number of benzene rings is 1. The molecule has 4 rings (SSSR count). The molecule has 1 aliphatic carbocycles. The summed E-state index contributed by atoms with van der Waals surface area (Å²) in [4.78, 5) is 0. The summed E-state index contributed by atoms with van der Waals surface area (Å²) in [5.74, 6) is 1.73. The summed E-state index contributed by atoms with van der Waals surface area (Å²) < 4.78 is 14.9. The number of aryl methyl sites for hydroxylation is 1. The number of nitrogens with zero attached hydrogens (tertiary/aromatic N) is 2. The lowest BCUT2D eigenvalue weighted by molar-refractivity contribution is -0.0404. The van der Waals surface area contributed by atoms with E-state index in [4.69, 9.17) is 14.6 Å². The van der Waals surface area contributed by atoms with Gasteiger partial charge in [0.25, 0.3) is 0 Å². The highest BCUT2D eigenvalue weighted by Gasteiger charge is 2.21. The van der Waals surface area contributed by atoms with Crippen molar-refractivity contribution in [1.29, 1.82) is 0 Å². The van der Waals surface area contributed by atoms with E-state index in [1.165, 1.54) is 12.8 Å². The minimum atomic E-state index is 0.0618. The van der Waals surface area contributed by atoms with Gasteiger partial charge in [-0.05, 0) is 73.5 Å². The summed E-state index contributed by atoms with van der Waals surface area (Å²) in [5.41, 5.74) is 2.09. The zero-order chi connectivity index (χ0) is 17.2. The molecule has 5 nitrogen and oxygen atoms in total. The van der Waals surface area contributed by atoms with Crippen molar-refractivity contribution in [2.75, 3.05) is 11.9 Å². The Hall–Kier alpha value is -1.53. The van der Waals surface area contributed by atoms with Gasteiger partial charge in [-0.2, -0.15) is 5.10 Å². The molecule has 0 amide bonds. The van der Waals surface area contributed by atoms with Crippen LogP contribution in [0, 0.1) is 6.92 Å². The number of aromatic nitrogens is 2. The molecule has 1 N–H and O–H groups in total. The fourth-order valence-electron chi connectivity index (χ4n) is 3.24. The van der Waals surface area contributed by atoms with Gasteiger partial charge in [0.1, 0.15) is 5.75 Å². The topological polar surface area (TPSA) is 48.3 Å². The molecule has 1 saturated heterocycles. The van der Waals surface area contributed by atoms with Crippen molar-refractivity contribution in [2.24, 2.45) is 0 Å². The van der Waals surface area contributed by atoms with E-state index in [0.717, 1.165) is 59.7 Å². The van der Waals surface area contributed by atoms with E-state index >= 15 is 0 Å². The van der Waals surface area contributed by atoms with Crippen LogP contribution in [0.15, 0.2) is 28.7 Å². The largest absolute Gasteiger partial charge is 0.489 e. The van der Waals surface area contributed by atoms with Crippen molar-refractivity contribution in [2.45, 2.75) is 57.8 Å². The number of rotatable bonds is 5. The smallest absolute Gasteiger partial charge is 0.152 e.